The van der Waals surface area contributed by atoms with Gasteiger partial charge in [0.1, 0.15) is 5.69 Å². The third-order valence-corrected chi connectivity index (χ3v) is 6.89. The molecule has 0 saturated carbocycles. The van der Waals surface area contributed by atoms with Crippen LogP contribution in [0, 0.1) is 22.0 Å². The summed E-state index contributed by atoms with van der Waals surface area (Å²) in [4.78, 5) is 15.2. The number of nitro benzene ring substituents is 1. The average molecular weight is 419 g/mol. The Bertz CT molecular complexity index is 956. The van der Waals surface area contributed by atoms with Crippen LogP contribution in [0.25, 0.3) is 0 Å². The maximum atomic E-state index is 13.0. The molecule has 2 atom stereocenters. The van der Waals surface area contributed by atoms with Crippen molar-refractivity contribution in [3.63, 3.8) is 0 Å². The van der Waals surface area contributed by atoms with Crippen molar-refractivity contribution in [2.45, 2.75) is 31.6 Å². The van der Waals surface area contributed by atoms with Crippen LogP contribution in [0.15, 0.2) is 47.5 Å². The minimum atomic E-state index is -3.77. The Morgan fingerprint density at radius 2 is 1.93 bits per heavy atom. The van der Waals surface area contributed by atoms with E-state index in [2.05, 4.69) is 10.3 Å². The fourth-order valence-corrected chi connectivity index (χ4v) is 5.49. The van der Waals surface area contributed by atoms with Gasteiger partial charge in [0.25, 0.3) is 5.69 Å². The molecule has 1 aliphatic heterocycles. The van der Waals surface area contributed by atoms with Crippen LogP contribution in [0.3, 0.4) is 0 Å². The molecule has 0 spiro atoms. The number of nitrogens with zero attached hydrogens (tertiary/aromatic N) is 3. The van der Waals surface area contributed by atoms with E-state index in [-0.39, 0.29) is 22.4 Å². The second-order valence-electron chi connectivity index (χ2n) is 7.70. The summed E-state index contributed by atoms with van der Waals surface area (Å²) in [7, 11) is -3.77. The summed E-state index contributed by atoms with van der Waals surface area (Å²) >= 11 is 0. The molecule has 29 heavy (non-hydrogen) atoms. The number of nitro groups is 1. The van der Waals surface area contributed by atoms with Crippen LogP contribution in [0.4, 0.5) is 11.4 Å². The van der Waals surface area contributed by atoms with Gasteiger partial charge in [0.05, 0.1) is 9.82 Å². The van der Waals surface area contributed by atoms with Crippen molar-refractivity contribution >= 4 is 21.4 Å². The SMILES string of the molecule is C[C@@H]1C[C@@H](C)CN(S(=O)(=O)c2ccc(NCCc3ccccn3)c([N+](=O)[O-])c2)C1. The van der Waals surface area contributed by atoms with Crippen LogP contribution in [-0.4, -0.2) is 42.3 Å². The number of piperidine rings is 1. The van der Waals surface area contributed by atoms with Crippen LogP contribution in [0.1, 0.15) is 26.0 Å². The molecule has 0 aliphatic carbocycles. The van der Waals surface area contributed by atoms with Crippen molar-refractivity contribution in [3.8, 4) is 0 Å². The quantitative estimate of drug-likeness (QED) is 0.546. The zero-order valence-electron chi connectivity index (χ0n) is 16.6. The van der Waals surface area contributed by atoms with Gasteiger partial charge in [0.15, 0.2) is 0 Å². The molecule has 1 N–H and O–H groups in total. The van der Waals surface area contributed by atoms with Crippen LogP contribution in [0.2, 0.25) is 0 Å². The van der Waals surface area contributed by atoms with Gasteiger partial charge in [-0.25, -0.2) is 8.42 Å². The van der Waals surface area contributed by atoms with E-state index >= 15 is 0 Å². The second kappa shape index (κ2) is 8.87. The van der Waals surface area contributed by atoms with Gasteiger partial charge in [-0.3, -0.25) is 15.1 Å². The number of anilines is 1. The predicted octanol–water partition coefficient (Wildman–Crippen LogP) is 3.31. The molecule has 2 aromatic rings. The molecule has 1 saturated heterocycles. The van der Waals surface area contributed by atoms with Crippen LogP contribution in [-0.2, 0) is 16.4 Å². The van der Waals surface area contributed by atoms with E-state index in [9.17, 15) is 18.5 Å². The summed E-state index contributed by atoms with van der Waals surface area (Å²) in [6, 6.07) is 9.65. The molecule has 9 heteroatoms. The van der Waals surface area contributed by atoms with E-state index < -0.39 is 14.9 Å². The van der Waals surface area contributed by atoms with Gasteiger partial charge in [-0.15, -0.1) is 0 Å². The molecule has 0 unspecified atom stereocenters. The van der Waals surface area contributed by atoms with Gasteiger partial charge in [0.2, 0.25) is 10.0 Å². The second-order valence-corrected chi connectivity index (χ2v) is 9.64. The lowest BCUT2D eigenvalue weighted by Gasteiger charge is -2.34. The van der Waals surface area contributed by atoms with E-state index in [0.29, 0.717) is 31.7 Å². The molecular formula is C20H26N4O4S. The molecule has 2 heterocycles. The van der Waals surface area contributed by atoms with Gasteiger partial charge in [-0.2, -0.15) is 4.31 Å². The number of nitrogens with one attached hydrogen (secondary N) is 1. The number of rotatable bonds is 7. The Labute approximate surface area is 171 Å². The predicted molar refractivity (Wildman–Crippen MR) is 111 cm³/mol. The first-order valence-corrected chi connectivity index (χ1v) is 11.1. The lowest BCUT2D eigenvalue weighted by molar-refractivity contribution is -0.384. The monoisotopic (exact) mass is 418 g/mol. The van der Waals surface area contributed by atoms with Crippen molar-refractivity contribution in [1.82, 2.24) is 9.29 Å². The molecule has 1 aliphatic rings. The summed E-state index contributed by atoms with van der Waals surface area (Å²) in [5.41, 5.74) is 0.922. The zero-order chi connectivity index (χ0) is 21.0. The summed E-state index contributed by atoms with van der Waals surface area (Å²) in [5, 5.41) is 14.6. The maximum absolute atomic E-state index is 13.0. The highest BCUT2D eigenvalue weighted by Gasteiger charge is 2.33. The highest BCUT2D eigenvalue weighted by Crippen LogP contribution is 2.31. The molecule has 8 nitrogen and oxygen atoms in total. The van der Waals surface area contributed by atoms with Crippen molar-refractivity contribution < 1.29 is 13.3 Å². The highest BCUT2D eigenvalue weighted by atomic mass is 32.2. The van der Waals surface area contributed by atoms with Crippen molar-refractivity contribution in [2.24, 2.45) is 11.8 Å². The van der Waals surface area contributed by atoms with Crippen LogP contribution in [0.5, 0.6) is 0 Å². The smallest absolute Gasteiger partial charge is 0.293 e. The number of hydrogen-bond acceptors (Lipinski definition) is 6. The molecule has 0 bridgehead atoms. The van der Waals surface area contributed by atoms with E-state index in [0.717, 1.165) is 18.2 Å². The number of benzene rings is 1. The number of pyridine rings is 1. The number of aromatic nitrogens is 1. The van der Waals surface area contributed by atoms with E-state index in [1.165, 1.54) is 16.4 Å². The molecule has 0 radical (unpaired) electrons. The van der Waals surface area contributed by atoms with Gasteiger partial charge in [-0.1, -0.05) is 19.9 Å². The number of sulfonamides is 1. The molecule has 0 amide bonds. The minimum absolute atomic E-state index is 0.0409. The molecule has 3 rings (SSSR count). The van der Waals surface area contributed by atoms with E-state index in [4.69, 9.17) is 0 Å². The minimum Gasteiger partial charge on any atom is -0.379 e. The Kier molecular flexibility index (Phi) is 6.49. The van der Waals surface area contributed by atoms with Gasteiger partial charge in [0, 0.05) is 44.0 Å². The summed E-state index contributed by atoms with van der Waals surface area (Å²) in [6.45, 7) is 5.37. The van der Waals surface area contributed by atoms with Gasteiger partial charge >= 0.3 is 0 Å². The van der Waals surface area contributed by atoms with Gasteiger partial charge in [-0.05, 0) is 42.5 Å². The van der Waals surface area contributed by atoms with Crippen molar-refractivity contribution in [3.05, 3.63) is 58.4 Å². The molecule has 156 valence electrons. The Morgan fingerprint density at radius 3 is 2.55 bits per heavy atom. The molecule has 1 aromatic heterocycles. The van der Waals surface area contributed by atoms with Gasteiger partial charge < -0.3 is 5.32 Å². The van der Waals surface area contributed by atoms with E-state index in [1.807, 2.05) is 32.0 Å². The third-order valence-electron chi connectivity index (χ3n) is 5.06. The largest absolute Gasteiger partial charge is 0.379 e. The summed E-state index contributed by atoms with van der Waals surface area (Å²) in [6.07, 6.45) is 3.27. The number of hydrogen-bond donors (Lipinski definition) is 1. The normalized spacial score (nSPS) is 20.3. The Hall–Kier alpha value is -2.52. The zero-order valence-corrected chi connectivity index (χ0v) is 17.4. The van der Waals surface area contributed by atoms with Crippen LogP contribution < -0.4 is 5.32 Å². The lowest BCUT2D eigenvalue weighted by Crippen LogP contribution is -2.42. The first-order valence-electron chi connectivity index (χ1n) is 9.69. The lowest BCUT2D eigenvalue weighted by atomic mass is 9.94. The van der Waals surface area contributed by atoms with E-state index in [1.54, 1.807) is 6.20 Å². The Balaban J connectivity index is 1.79. The standard InChI is InChI=1S/C20H26N4O4S/c1-15-11-16(2)14-23(13-15)29(27,28)18-6-7-19(20(12-18)24(25)26)22-10-8-17-5-3-4-9-21-17/h3-7,9,12,15-16,22H,8,10-11,13-14H2,1-2H3/t15-,16-/m1/s1. The molecule has 1 fully saturated rings. The van der Waals surface area contributed by atoms with Crippen molar-refractivity contribution in [1.29, 1.82) is 0 Å². The third kappa shape index (κ3) is 5.10. The fourth-order valence-electron chi connectivity index (χ4n) is 3.79. The first kappa shape index (κ1) is 21.2. The fraction of sp³-hybridized carbons (Fsp3) is 0.450. The van der Waals surface area contributed by atoms with Crippen molar-refractivity contribution in [2.75, 3.05) is 25.0 Å². The maximum Gasteiger partial charge on any atom is 0.293 e. The molecule has 1 aromatic carbocycles. The first-order chi connectivity index (χ1) is 13.8. The summed E-state index contributed by atoms with van der Waals surface area (Å²) in [5.74, 6) is 0.520. The van der Waals surface area contributed by atoms with Crippen LogP contribution >= 0.6 is 0 Å². The highest BCUT2D eigenvalue weighted by molar-refractivity contribution is 7.89. The average Bonchev–Trinajstić information content (AvgIpc) is 2.68. The summed E-state index contributed by atoms with van der Waals surface area (Å²) < 4.78 is 27.5. The topological polar surface area (TPSA) is 105 Å². The molecular weight excluding hydrogens is 392 g/mol. The Morgan fingerprint density at radius 1 is 1.21 bits per heavy atom.